The van der Waals surface area contributed by atoms with Gasteiger partial charge in [-0.25, -0.2) is 13.9 Å². The molecule has 0 bridgehead atoms. The quantitative estimate of drug-likeness (QED) is 0.0154. The average molecular weight is 1060 g/mol. The summed E-state index contributed by atoms with van der Waals surface area (Å²) in [4.78, 5) is 61.9. The summed E-state index contributed by atoms with van der Waals surface area (Å²) in [6.07, 6.45) is 31.5. The van der Waals surface area contributed by atoms with Crippen molar-refractivity contribution in [3.05, 3.63) is 71.4 Å². The van der Waals surface area contributed by atoms with Gasteiger partial charge in [-0.1, -0.05) is 153 Å². The largest absolute Gasteiger partial charge is 0.481 e. The SMILES string of the molecule is CC[C@@H](O)CC/C=C\C/C=C\C/C=C\C/C=C\CCCC(=O)O[C@H](COC(=O)CCCCCCCCCCCCCCCC(C)C)COP(=O)(O)OP(=O)(O)OC[C@H]1O[C@@H](n2ccc(N)nc2=O)[C@H](O)[C@@H]1O. The maximum absolute atomic E-state index is 12.9. The number of aromatic nitrogens is 2. The van der Waals surface area contributed by atoms with Crippen molar-refractivity contribution in [2.75, 3.05) is 25.6 Å². The normalized spacial score (nSPS) is 20.0. The number of anilines is 1. The summed E-state index contributed by atoms with van der Waals surface area (Å²) in [5.41, 5.74) is 4.58. The number of carbonyl (C=O) groups is 2. The van der Waals surface area contributed by atoms with E-state index in [-0.39, 0.29) is 24.8 Å². The first kappa shape index (κ1) is 64.8. The van der Waals surface area contributed by atoms with E-state index in [0.29, 0.717) is 25.7 Å². The number of ether oxygens (including phenoxy) is 3. The van der Waals surface area contributed by atoms with E-state index < -0.39 is 83.7 Å². The summed E-state index contributed by atoms with van der Waals surface area (Å²) in [6, 6.07) is 1.24. The van der Waals surface area contributed by atoms with Gasteiger partial charge in [-0.15, -0.1) is 0 Å². The van der Waals surface area contributed by atoms with Gasteiger partial charge in [0, 0.05) is 19.0 Å². The first-order chi connectivity index (χ1) is 34.4. The fourth-order valence-corrected chi connectivity index (χ4v) is 9.64. The molecule has 8 atom stereocenters. The summed E-state index contributed by atoms with van der Waals surface area (Å²) in [7, 11) is -10.9. The van der Waals surface area contributed by atoms with Crippen molar-refractivity contribution in [3.63, 3.8) is 0 Å². The molecule has 72 heavy (non-hydrogen) atoms. The lowest BCUT2D eigenvalue weighted by Crippen LogP contribution is -2.36. The highest BCUT2D eigenvalue weighted by Crippen LogP contribution is 2.60. The second-order valence-corrected chi connectivity index (χ2v) is 21.7. The Morgan fingerprint density at radius 2 is 1.26 bits per heavy atom. The summed E-state index contributed by atoms with van der Waals surface area (Å²) < 4.78 is 56.7. The summed E-state index contributed by atoms with van der Waals surface area (Å²) >= 11 is 0. The van der Waals surface area contributed by atoms with E-state index in [2.05, 4.69) is 53.5 Å². The number of hydrogen-bond donors (Lipinski definition) is 6. The lowest BCUT2D eigenvalue weighted by Gasteiger charge is -2.21. The molecule has 7 N–H and O–H groups in total. The first-order valence-corrected chi connectivity index (χ1v) is 29.1. The van der Waals surface area contributed by atoms with Gasteiger partial charge in [-0.05, 0) is 69.8 Å². The van der Waals surface area contributed by atoms with Crippen molar-refractivity contribution in [2.45, 2.75) is 212 Å². The number of phosphoric ester groups is 2. The van der Waals surface area contributed by atoms with Gasteiger partial charge in [0.15, 0.2) is 12.3 Å². The Kier molecular flexibility index (Phi) is 34.4. The second-order valence-electron chi connectivity index (χ2n) is 18.6. The van der Waals surface area contributed by atoms with Crippen molar-refractivity contribution in [1.82, 2.24) is 9.55 Å². The summed E-state index contributed by atoms with van der Waals surface area (Å²) in [5, 5.41) is 30.5. The van der Waals surface area contributed by atoms with Crippen LogP contribution in [0.1, 0.15) is 181 Å². The highest BCUT2D eigenvalue weighted by Gasteiger charge is 2.46. The molecule has 1 aliphatic rings. The Bertz CT molecular complexity index is 1930. The third-order valence-corrected chi connectivity index (χ3v) is 14.4. The van der Waals surface area contributed by atoms with E-state index in [1.165, 1.54) is 63.9 Å². The fourth-order valence-electron chi connectivity index (χ4n) is 7.53. The van der Waals surface area contributed by atoms with Gasteiger partial charge in [0.25, 0.3) is 0 Å². The number of unbranched alkanes of at least 4 members (excludes halogenated alkanes) is 13. The molecule has 2 heterocycles. The van der Waals surface area contributed by atoms with Crippen LogP contribution in [0.15, 0.2) is 65.7 Å². The van der Waals surface area contributed by atoms with E-state index in [9.17, 15) is 48.6 Å². The number of allylic oxidation sites excluding steroid dienone is 8. The molecule has 0 saturated carbocycles. The summed E-state index contributed by atoms with van der Waals surface area (Å²) in [6.45, 7) is 4.14. The number of esters is 2. The van der Waals surface area contributed by atoms with Crippen LogP contribution in [-0.4, -0.2) is 96.9 Å². The zero-order valence-electron chi connectivity index (χ0n) is 43.0. The molecular formula is C51H87N3O16P2. The van der Waals surface area contributed by atoms with Crippen LogP contribution in [0.25, 0.3) is 0 Å². The number of hydrogen-bond acceptors (Lipinski definition) is 16. The molecule has 1 fully saturated rings. The molecule has 1 aliphatic heterocycles. The maximum Gasteiger partial charge on any atom is 0.481 e. The van der Waals surface area contributed by atoms with Gasteiger partial charge < -0.3 is 45.1 Å². The maximum atomic E-state index is 12.9. The van der Waals surface area contributed by atoms with Gasteiger partial charge in [-0.3, -0.25) is 23.2 Å². The van der Waals surface area contributed by atoms with Gasteiger partial charge >= 0.3 is 33.3 Å². The van der Waals surface area contributed by atoms with Crippen LogP contribution in [0.2, 0.25) is 0 Å². The number of phosphoric acid groups is 2. The molecule has 19 nitrogen and oxygen atoms in total. The van der Waals surface area contributed by atoms with Crippen LogP contribution in [0, 0.1) is 5.92 Å². The molecule has 412 valence electrons. The molecule has 0 spiro atoms. The van der Waals surface area contributed by atoms with Crippen LogP contribution in [0.3, 0.4) is 0 Å². The molecule has 0 aromatic carbocycles. The zero-order chi connectivity index (χ0) is 53.0. The standard InChI is InChI=1S/C51H87N3O16P2/c1-4-42(55)33-29-25-21-17-13-9-5-6-10-15-19-23-27-31-35-47(57)68-43(38-65-46(56)34-30-26-22-18-14-11-7-8-12-16-20-24-28-32-41(2)3)39-66-71(61,62)70-72(63,64)67-40-44-48(58)49(59)50(69-44)54-37-36-45(52)53-51(54)60/h6,9-10,13,19,21,23,25,36-37,41-44,48-50,55,58-59H,4-5,7-8,11-12,14-18,20,22,24,26-35,38-40H2,1-3H3,(H,61,62)(H,63,64)(H2,52,53,60)/b10-6-,13-9-,23-19-,25-21-/t42-,43-,44-,48-,49-,50-/m1/s1. The molecule has 0 radical (unpaired) electrons. The monoisotopic (exact) mass is 1060 g/mol. The molecule has 21 heteroatoms. The Morgan fingerprint density at radius 3 is 1.83 bits per heavy atom. The molecule has 2 unspecified atom stereocenters. The number of carbonyl (C=O) groups excluding carboxylic acids is 2. The van der Waals surface area contributed by atoms with E-state index >= 15 is 0 Å². The van der Waals surface area contributed by atoms with Gasteiger partial charge in [0.2, 0.25) is 0 Å². The van der Waals surface area contributed by atoms with E-state index in [1.807, 2.05) is 25.2 Å². The fraction of sp³-hybridized carbons (Fsp3) is 0.725. The minimum Gasteiger partial charge on any atom is -0.462 e. The van der Waals surface area contributed by atoms with Crippen LogP contribution < -0.4 is 11.4 Å². The number of aliphatic hydroxyl groups excluding tert-OH is 3. The van der Waals surface area contributed by atoms with Crippen LogP contribution in [0.5, 0.6) is 0 Å². The highest BCUT2D eigenvalue weighted by atomic mass is 31.3. The number of nitrogens with two attached hydrogens (primary N) is 1. The van der Waals surface area contributed by atoms with Crippen LogP contribution >= 0.6 is 15.6 Å². The minimum absolute atomic E-state index is 0.0390. The number of nitrogen functional groups attached to an aromatic ring is 1. The molecule has 2 rings (SSSR count). The highest BCUT2D eigenvalue weighted by molar-refractivity contribution is 7.61. The molecule has 0 amide bonds. The first-order valence-electron chi connectivity index (χ1n) is 26.1. The predicted octanol–water partition coefficient (Wildman–Crippen LogP) is 9.77. The third kappa shape index (κ3) is 31.4. The van der Waals surface area contributed by atoms with Crippen molar-refractivity contribution in [3.8, 4) is 0 Å². The Hall–Kier alpha value is -3.32. The molecular weight excluding hydrogens is 973 g/mol. The number of aliphatic hydroxyl groups is 3. The Labute approximate surface area is 427 Å². The zero-order valence-corrected chi connectivity index (χ0v) is 44.8. The van der Waals surface area contributed by atoms with Crippen molar-refractivity contribution in [1.29, 1.82) is 0 Å². The van der Waals surface area contributed by atoms with E-state index in [0.717, 1.165) is 74.5 Å². The molecule has 1 aromatic rings. The number of rotatable bonds is 42. The molecule has 1 aromatic heterocycles. The lowest BCUT2D eigenvalue weighted by atomic mass is 10.0. The lowest BCUT2D eigenvalue weighted by molar-refractivity contribution is -0.161. The van der Waals surface area contributed by atoms with Crippen LogP contribution in [-0.2, 0) is 46.3 Å². The van der Waals surface area contributed by atoms with E-state index in [1.54, 1.807) is 0 Å². The average Bonchev–Trinajstić information content (AvgIpc) is 3.60. The Balaban J connectivity index is 1.82. The molecule has 1 saturated heterocycles. The third-order valence-electron chi connectivity index (χ3n) is 11.8. The molecule has 0 aliphatic carbocycles. The minimum atomic E-state index is -5.44. The predicted molar refractivity (Wildman–Crippen MR) is 276 cm³/mol. The van der Waals surface area contributed by atoms with Crippen LogP contribution in [0.4, 0.5) is 5.82 Å². The second kappa shape index (κ2) is 38.3. The van der Waals surface area contributed by atoms with Gasteiger partial charge in [-0.2, -0.15) is 9.29 Å². The van der Waals surface area contributed by atoms with Crippen molar-refractivity contribution >= 4 is 33.4 Å². The van der Waals surface area contributed by atoms with E-state index in [4.69, 9.17) is 29.0 Å². The topological polar surface area (TPSA) is 286 Å². The smallest absolute Gasteiger partial charge is 0.462 e. The summed E-state index contributed by atoms with van der Waals surface area (Å²) in [5.74, 6) is -0.599. The Morgan fingerprint density at radius 1 is 0.736 bits per heavy atom. The van der Waals surface area contributed by atoms with Gasteiger partial charge in [0.1, 0.15) is 30.7 Å². The van der Waals surface area contributed by atoms with Crippen molar-refractivity contribution in [2.24, 2.45) is 5.92 Å². The number of nitrogens with zero attached hydrogens (tertiary/aromatic N) is 2. The van der Waals surface area contributed by atoms with Gasteiger partial charge in [0.05, 0.1) is 19.3 Å². The van der Waals surface area contributed by atoms with Crippen molar-refractivity contribution < 1.29 is 71.4 Å².